The van der Waals surface area contributed by atoms with E-state index in [1.165, 1.54) is 5.56 Å². The summed E-state index contributed by atoms with van der Waals surface area (Å²) in [6.07, 6.45) is 4.02. The van der Waals surface area contributed by atoms with E-state index in [-0.39, 0.29) is 0 Å². The zero-order chi connectivity index (χ0) is 8.39. The molecular weight excluding hydrogens is 146 g/mol. The molecule has 1 heteroatoms. The van der Waals surface area contributed by atoms with E-state index in [2.05, 4.69) is 29.8 Å². The van der Waals surface area contributed by atoms with Crippen LogP contribution in [0.5, 0.6) is 0 Å². The van der Waals surface area contributed by atoms with Crippen LogP contribution in [-0.4, -0.2) is 0 Å². The second kappa shape index (κ2) is 2.72. The molecule has 0 atom stereocenters. The molecule has 1 aliphatic heterocycles. The van der Waals surface area contributed by atoms with Crippen molar-refractivity contribution >= 4 is 11.8 Å². The third-order valence-corrected chi connectivity index (χ3v) is 1.85. The maximum absolute atomic E-state index is 3.58. The summed E-state index contributed by atoms with van der Waals surface area (Å²) in [6, 6.07) is 8.13. The summed E-state index contributed by atoms with van der Waals surface area (Å²) in [5, 5.41) is 3.20. The number of anilines is 1. The molecule has 0 aliphatic carbocycles. The van der Waals surface area contributed by atoms with E-state index < -0.39 is 0 Å². The molecule has 1 heterocycles. The summed E-state index contributed by atoms with van der Waals surface area (Å²) < 4.78 is 0. The Labute approximate surface area is 71.7 Å². The quantitative estimate of drug-likeness (QED) is 0.568. The fraction of sp³-hybridized carbons (Fsp3) is 0. The van der Waals surface area contributed by atoms with Gasteiger partial charge in [-0.2, -0.15) is 0 Å². The molecule has 0 saturated carbocycles. The molecule has 0 radical (unpaired) electrons. The van der Waals surface area contributed by atoms with Gasteiger partial charge in [0.2, 0.25) is 0 Å². The topological polar surface area (TPSA) is 12.0 Å². The zero-order valence-electron chi connectivity index (χ0n) is 6.67. The fourth-order valence-corrected chi connectivity index (χ4v) is 1.22. The van der Waals surface area contributed by atoms with Crippen LogP contribution in [0.4, 0.5) is 5.69 Å². The second-order valence-electron chi connectivity index (χ2n) is 2.64. The number of nitrogens with one attached hydrogen (secondary N) is 1. The van der Waals surface area contributed by atoms with Gasteiger partial charge < -0.3 is 5.32 Å². The Hall–Kier alpha value is -1.72. The van der Waals surface area contributed by atoms with Crippen molar-refractivity contribution in [1.82, 2.24) is 0 Å². The van der Waals surface area contributed by atoms with E-state index in [1.54, 1.807) is 0 Å². The number of hydrogen-bond acceptors (Lipinski definition) is 1. The Morgan fingerprint density at radius 2 is 2.00 bits per heavy atom. The van der Waals surface area contributed by atoms with Gasteiger partial charge in [0.05, 0.1) is 5.70 Å². The number of fused-ring (bicyclic) bond motifs is 1. The van der Waals surface area contributed by atoms with E-state index in [9.17, 15) is 0 Å². The first-order chi connectivity index (χ1) is 5.90. The van der Waals surface area contributed by atoms with Crippen molar-refractivity contribution < 1.29 is 0 Å². The van der Waals surface area contributed by atoms with Crippen LogP contribution in [0.2, 0.25) is 0 Å². The minimum Gasteiger partial charge on any atom is -0.349 e. The Kier molecular flexibility index (Phi) is 1.58. The number of allylic oxidation sites excluding steroid dienone is 1. The van der Waals surface area contributed by atoms with Gasteiger partial charge in [-0.3, -0.25) is 0 Å². The lowest BCUT2D eigenvalue weighted by Crippen LogP contribution is -2.01. The van der Waals surface area contributed by atoms with Crippen LogP contribution >= 0.6 is 0 Å². The average molecular weight is 155 g/mol. The van der Waals surface area contributed by atoms with Crippen molar-refractivity contribution in [3.63, 3.8) is 0 Å². The van der Waals surface area contributed by atoms with E-state index in [0.29, 0.717) is 0 Å². The third kappa shape index (κ3) is 1.07. The lowest BCUT2D eigenvalue weighted by atomic mass is 10.1. The van der Waals surface area contributed by atoms with Crippen molar-refractivity contribution in [2.45, 2.75) is 0 Å². The highest BCUT2D eigenvalue weighted by atomic mass is 14.9. The lowest BCUT2D eigenvalue weighted by Gasteiger charge is -2.13. The molecule has 2 rings (SSSR count). The van der Waals surface area contributed by atoms with Gasteiger partial charge in [-0.25, -0.2) is 0 Å². The third-order valence-electron chi connectivity index (χ3n) is 1.85. The molecule has 0 amide bonds. The maximum Gasteiger partial charge on any atom is 0.0812 e. The number of rotatable bonds is 0. The molecule has 1 aromatic rings. The van der Waals surface area contributed by atoms with Gasteiger partial charge >= 0.3 is 0 Å². The van der Waals surface area contributed by atoms with Gasteiger partial charge in [-0.1, -0.05) is 30.9 Å². The highest BCUT2D eigenvalue weighted by molar-refractivity contribution is 5.74. The number of para-hydroxylation sites is 1. The molecule has 1 N–H and O–H groups in total. The van der Waals surface area contributed by atoms with Crippen LogP contribution in [0, 0.1) is 0 Å². The van der Waals surface area contributed by atoms with Crippen LogP contribution < -0.4 is 5.32 Å². The smallest absolute Gasteiger partial charge is 0.0812 e. The summed E-state index contributed by atoms with van der Waals surface area (Å²) in [5.74, 6) is 0. The highest BCUT2D eigenvalue weighted by Crippen LogP contribution is 2.22. The minimum absolute atomic E-state index is 0.925. The zero-order valence-corrected chi connectivity index (χ0v) is 6.67. The van der Waals surface area contributed by atoms with Crippen molar-refractivity contribution in [2.75, 3.05) is 5.32 Å². The Bertz CT molecular complexity index is 382. The van der Waals surface area contributed by atoms with Gasteiger partial charge in [-0.15, -0.1) is 5.73 Å². The largest absolute Gasteiger partial charge is 0.349 e. The van der Waals surface area contributed by atoms with Gasteiger partial charge in [-0.05, 0) is 17.7 Å². The normalized spacial score (nSPS) is 13.2. The van der Waals surface area contributed by atoms with Gasteiger partial charge in [0.15, 0.2) is 0 Å². The van der Waals surface area contributed by atoms with E-state index >= 15 is 0 Å². The summed E-state index contributed by atoms with van der Waals surface area (Å²) in [4.78, 5) is 0. The van der Waals surface area contributed by atoms with Crippen molar-refractivity contribution in [3.8, 4) is 0 Å². The molecule has 1 aliphatic rings. The van der Waals surface area contributed by atoms with Gasteiger partial charge in [0.1, 0.15) is 0 Å². The summed E-state index contributed by atoms with van der Waals surface area (Å²) >= 11 is 0. The van der Waals surface area contributed by atoms with Crippen LogP contribution in [0.1, 0.15) is 5.56 Å². The minimum atomic E-state index is 0.925. The summed E-state index contributed by atoms with van der Waals surface area (Å²) in [7, 11) is 0. The van der Waals surface area contributed by atoms with Crippen molar-refractivity contribution in [2.24, 2.45) is 0 Å². The predicted octanol–water partition coefficient (Wildman–Crippen LogP) is 2.79. The SMILES string of the molecule is C=C=C1C=Cc2ccccc2N1. The van der Waals surface area contributed by atoms with Gasteiger partial charge in [0, 0.05) is 5.69 Å². The molecular formula is C11H9N. The molecule has 0 spiro atoms. The molecule has 0 fully saturated rings. The van der Waals surface area contributed by atoms with Crippen molar-refractivity contribution in [1.29, 1.82) is 0 Å². The average Bonchev–Trinajstić information content (AvgIpc) is 2.17. The first kappa shape index (κ1) is 6.96. The first-order valence-corrected chi connectivity index (χ1v) is 3.84. The van der Waals surface area contributed by atoms with Crippen molar-refractivity contribution in [3.05, 3.63) is 53.9 Å². The number of benzene rings is 1. The summed E-state index contributed by atoms with van der Waals surface area (Å²) in [5.41, 5.74) is 6.06. The van der Waals surface area contributed by atoms with E-state index in [4.69, 9.17) is 0 Å². The highest BCUT2D eigenvalue weighted by Gasteiger charge is 2.03. The molecule has 12 heavy (non-hydrogen) atoms. The van der Waals surface area contributed by atoms with Crippen LogP contribution in [0.15, 0.2) is 48.3 Å². The Balaban J connectivity index is 2.52. The molecule has 1 aromatic carbocycles. The molecule has 0 saturated heterocycles. The Morgan fingerprint density at radius 1 is 1.17 bits per heavy atom. The maximum atomic E-state index is 3.58. The fourth-order valence-electron chi connectivity index (χ4n) is 1.22. The molecule has 0 aromatic heterocycles. The van der Waals surface area contributed by atoms with Crippen LogP contribution in [0.3, 0.4) is 0 Å². The molecule has 58 valence electrons. The monoisotopic (exact) mass is 155 g/mol. The Morgan fingerprint density at radius 3 is 2.83 bits per heavy atom. The standard InChI is InChI=1S/C11H9N/c1-2-10-8-7-9-5-3-4-6-11(9)12-10/h3-8,12H,1H2. The van der Waals surface area contributed by atoms with E-state index in [0.717, 1.165) is 11.4 Å². The first-order valence-electron chi connectivity index (χ1n) is 3.84. The van der Waals surface area contributed by atoms with Gasteiger partial charge in [0.25, 0.3) is 0 Å². The predicted molar refractivity (Wildman–Crippen MR) is 51.8 cm³/mol. The number of hydrogen-bond donors (Lipinski definition) is 1. The summed E-state index contributed by atoms with van der Waals surface area (Å²) in [6.45, 7) is 3.58. The van der Waals surface area contributed by atoms with E-state index in [1.807, 2.05) is 24.3 Å². The molecule has 0 unspecified atom stereocenters. The second-order valence-corrected chi connectivity index (χ2v) is 2.64. The molecule has 0 bridgehead atoms. The van der Waals surface area contributed by atoms with Crippen LogP contribution in [-0.2, 0) is 0 Å². The molecule has 1 nitrogen and oxygen atoms in total. The lowest BCUT2D eigenvalue weighted by molar-refractivity contribution is 1.45. The van der Waals surface area contributed by atoms with Crippen LogP contribution in [0.25, 0.3) is 6.08 Å².